The fourth-order valence-corrected chi connectivity index (χ4v) is 4.89. The number of fused-ring (bicyclic) bond motifs is 1. The molecule has 0 N–H and O–H groups in total. The van der Waals surface area contributed by atoms with Gasteiger partial charge in [-0.2, -0.15) is 0 Å². The van der Waals surface area contributed by atoms with Gasteiger partial charge >= 0.3 is 0 Å². The number of benzene rings is 2. The minimum Gasteiger partial charge on any atom is -0.493 e. The van der Waals surface area contributed by atoms with Gasteiger partial charge in [-0.3, -0.25) is 4.90 Å². The lowest BCUT2D eigenvalue weighted by molar-refractivity contribution is 0.228. The lowest BCUT2D eigenvalue weighted by Gasteiger charge is -2.36. The SMILES string of the molecule is COc1cc(CN2CCc3nc(N4CCN(c5ccc(F)cc5)CC4)ncc3C2)ccc1OC(C)C. The molecule has 2 aliphatic heterocycles. The highest BCUT2D eigenvalue weighted by atomic mass is 19.1. The van der Waals surface area contributed by atoms with Crippen molar-refractivity contribution < 1.29 is 13.9 Å². The molecule has 3 heterocycles. The summed E-state index contributed by atoms with van der Waals surface area (Å²) in [6, 6.07) is 12.9. The first-order valence-electron chi connectivity index (χ1n) is 12.6. The Hall–Kier alpha value is -3.39. The zero-order valence-corrected chi connectivity index (χ0v) is 21.3. The number of nitrogens with zero attached hydrogens (tertiary/aromatic N) is 5. The molecule has 0 radical (unpaired) electrons. The van der Waals surface area contributed by atoms with E-state index in [0.717, 1.165) is 81.1 Å². The van der Waals surface area contributed by atoms with Crippen molar-refractivity contribution in [3.63, 3.8) is 0 Å². The molecule has 0 unspecified atom stereocenters. The Labute approximate surface area is 212 Å². The Bertz CT molecular complexity index is 1180. The van der Waals surface area contributed by atoms with Crippen LogP contribution >= 0.6 is 0 Å². The predicted molar refractivity (Wildman–Crippen MR) is 139 cm³/mol. The summed E-state index contributed by atoms with van der Waals surface area (Å²) in [5, 5.41) is 0. The van der Waals surface area contributed by atoms with Crippen molar-refractivity contribution >= 4 is 11.6 Å². The normalized spacial score (nSPS) is 16.2. The zero-order valence-electron chi connectivity index (χ0n) is 21.3. The van der Waals surface area contributed by atoms with Crippen LogP contribution in [0.4, 0.5) is 16.0 Å². The lowest BCUT2D eigenvalue weighted by Crippen LogP contribution is -2.47. The standard InChI is InChI=1S/C28H34FN5O2/c1-20(2)36-26-9-4-21(16-27(26)35-3)18-32-11-10-25-22(19-32)17-30-28(31-25)34-14-12-33(13-15-34)24-7-5-23(29)6-8-24/h4-9,16-17,20H,10-15,18-19H2,1-3H3. The zero-order chi connectivity index (χ0) is 25.1. The van der Waals surface area contributed by atoms with Gasteiger partial charge in [-0.05, 0) is 55.8 Å². The first-order valence-corrected chi connectivity index (χ1v) is 12.6. The van der Waals surface area contributed by atoms with E-state index < -0.39 is 0 Å². The quantitative estimate of drug-likeness (QED) is 0.489. The van der Waals surface area contributed by atoms with Gasteiger partial charge in [-0.1, -0.05) is 6.07 Å². The molecule has 7 nitrogen and oxygen atoms in total. The molecule has 190 valence electrons. The number of aromatic nitrogens is 2. The highest BCUT2D eigenvalue weighted by Gasteiger charge is 2.23. The van der Waals surface area contributed by atoms with E-state index in [-0.39, 0.29) is 11.9 Å². The molecule has 1 aromatic heterocycles. The summed E-state index contributed by atoms with van der Waals surface area (Å²) in [5.41, 5.74) is 4.60. The fourth-order valence-electron chi connectivity index (χ4n) is 4.89. The largest absolute Gasteiger partial charge is 0.493 e. The third kappa shape index (κ3) is 5.54. The number of piperazine rings is 1. The molecule has 0 saturated carbocycles. The third-order valence-corrected chi connectivity index (χ3v) is 6.75. The molecule has 2 aromatic carbocycles. The van der Waals surface area contributed by atoms with Gasteiger partial charge in [0.15, 0.2) is 11.5 Å². The van der Waals surface area contributed by atoms with Crippen LogP contribution in [0.5, 0.6) is 11.5 Å². The van der Waals surface area contributed by atoms with E-state index in [9.17, 15) is 4.39 Å². The van der Waals surface area contributed by atoms with Crippen molar-refractivity contribution in [3.05, 3.63) is 71.3 Å². The van der Waals surface area contributed by atoms with E-state index >= 15 is 0 Å². The summed E-state index contributed by atoms with van der Waals surface area (Å²) in [7, 11) is 1.68. The molecule has 1 saturated heterocycles. The Morgan fingerprint density at radius 1 is 0.944 bits per heavy atom. The van der Waals surface area contributed by atoms with Crippen LogP contribution in [-0.4, -0.2) is 60.8 Å². The van der Waals surface area contributed by atoms with Crippen LogP contribution in [0.2, 0.25) is 0 Å². The van der Waals surface area contributed by atoms with Crippen LogP contribution in [0, 0.1) is 5.82 Å². The Morgan fingerprint density at radius 2 is 1.69 bits per heavy atom. The monoisotopic (exact) mass is 491 g/mol. The predicted octanol–water partition coefficient (Wildman–Crippen LogP) is 4.30. The molecular formula is C28H34FN5O2. The van der Waals surface area contributed by atoms with Crippen LogP contribution in [0.3, 0.4) is 0 Å². The molecular weight excluding hydrogens is 457 g/mol. The van der Waals surface area contributed by atoms with Gasteiger partial charge < -0.3 is 19.3 Å². The van der Waals surface area contributed by atoms with Crippen molar-refractivity contribution in [2.75, 3.05) is 49.6 Å². The maximum atomic E-state index is 13.2. The Kier molecular flexibility index (Phi) is 7.23. The topological polar surface area (TPSA) is 54.0 Å². The highest BCUT2D eigenvalue weighted by molar-refractivity contribution is 5.48. The first-order chi connectivity index (χ1) is 17.5. The van der Waals surface area contributed by atoms with Crippen LogP contribution in [0.15, 0.2) is 48.7 Å². The molecule has 1 fully saturated rings. The Balaban J connectivity index is 1.19. The highest BCUT2D eigenvalue weighted by Crippen LogP contribution is 2.30. The molecule has 8 heteroatoms. The molecule has 0 bridgehead atoms. The number of rotatable bonds is 7. The Morgan fingerprint density at radius 3 is 2.42 bits per heavy atom. The van der Waals surface area contributed by atoms with Gasteiger partial charge in [-0.15, -0.1) is 0 Å². The molecule has 0 aliphatic carbocycles. The molecule has 0 amide bonds. The average Bonchev–Trinajstić information content (AvgIpc) is 2.89. The van der Waals surface area contributed by atoms with Crippen molar-refractivity contribution in [1.29, 1.82) is 0 Å². The molecule has 5 rings (SSSR count). The summed E-state index contributed by atoms with van der Waals surface area (Å²) in [6.45, 7) is 10.1. The van der Waals surface area contributed by atoms with Crippen LogP contribution in [-0.2, 0) is 19.5 Å². The van der Waals surface area contributed by atoms with E-state index in [2.05, 4.69) is 26.8 Å². The first kappa shape index (κ1) is 24.3. The van der Waals surface area contributed by atoms with Crippen molar-refractivity contribution in [1.82, 2.24) is 14.9 Å². The van der Waals surface area contributed by atoms with Gasteiger partial charge in [0.05, 0.1) is 18.9 Å². The minimum atomic E-state index is -0.202. The number of hydrogen-bond acceptors (Lipinski definition) is 7. The van der Waals surface area contributed by atoms with Gasteiger partial charge in [-0.25, -0.2) is 14.4 Å². The second-order valence-corrected chi connectivity index (χ2v) is 9.70. The van der Waals surface area contributed by atoms with Crippen molar-refractivity contribution in [3.8, 4) is 11.5 Å². The molecule has 36 heavy (non-hydrogen) atoms. The van der Waals surface area contributed by atoms with Gasteiger partial charge in [0.25, 0.3) is 0 Å². The molecule has 0 spiro atoms. The van der Waals surface area contributed by atoms with Gasteiger partial charge in [0.1, 0.15) is 5.82 Å². The summed E-state index contributed by atoms with van der Waals surface area (Å²) < 4.78 is 24.6. The number of methoxy groups -OCH3 is 1. The second kappa shape index (κ2) is 10.7. The van der Waals surface area contributed by atoms with Gasteiger partial charge in [0.2, 0.25) is 5.95 Å². The third-order valence-electron chi connectivity index (χ3n) is 6.75. The molecule has 3 aromatic rings. The summed E-state index contributed by atoms with van der Waals surface area (Å²) in [4.78, 5) is 16.6. The maximum absolute atomic E-state index is 13.2. The van der Waals surface area contributed by atoms with Crippen LogP contribution in [0.1, 0.15) is 30.7 Å². The van der Waals surface area contributed by atoms with E-state index in [1.165, 1.54) is 23.3 Å². The van der Waals surface area contributed by atoms with E-state index in [0.29, 0.717) is 0 Å². The summed E-state index contributed by atoms with van der Waals surface area (Å²) in [6.07, 6.45) is 3.01. The molecule has 2 aliphatic rings. The van der Waals surface area contributed by atoms with E-state index in [1.54, 1.807) is 7.11 Å². The smallest absolute Gasteiger partial charge is 0.225 e. The van der Waals surface area contributed by atoms with Crippen molar-refractivity contribution in [2.24, 2.45) is 0 Å². The number of anilines is 2. The van der Waals surface area contributed by atoms with Crippen LogP contribution in [0.25, 0.3) is 0 Å². The summed E-state index contributed by atoms with van der Waals surface area (Å²) in [5.74, 6) is 2.16. The minimum absolute atomic E-state index is 0.104. The average molecular weight is 492 g/mol. The maximum Gasteiger partial charge on any atom is 0.225 e. The molecule has 0 atom stereocenters. The second-order valence-electron chi connectivity index (χ2n) is 9.70. The number of ether oxygens (including phenoxy) is 2. The van der Waals surface area contributed by atoms with E-state index in [4.69, 9.17) is 19.4 Å². The van der Waals surface area contributed by atoms with Gasteiger partial charge in [0, 0.05) is 69.7 Å². The number of halogens is 1. The van der Waals surface area contributed by atoms with Crippen LogP contribution < -0.4 is 19.3 Å². The van der Waals surface area contributed by atoms with Crippen molar-refractivity contribution in [2.45, 2.75) is 39.5 Å². The fraction of sp³-hybridized carbons (Fsp3) is 0.429. The lowest BCUT2D eigenvalue weighted by atomic mass is 10.1. The number of hydrogen-bond donors (Lipinski definition) is 0. The summed E-state index contributed by atoms with van der Waals surface area (Å²) >= 11 is 0. The van der Waals surface area contributed by atoms with E-state index in [1.807, 2.05) is 38.2 Å².